The van der Waals surface area contributed by atoms with Crippen LogP contribution in [0.15, 0.2) is 0 Å². The lowest BCUT2D eigenvalue weighted by molar-refractivity contribution is 0.204. The lowest BCUT2D eigenvalue weighted by Gasteiger charge is -2.31. The lowest BCUT2D eigenvalue weighted by Crippen LogP contribution is -2.53. The van der Waals surface area contributed by atoms with Gasteiger partial charge < -0.3 is 15.5 Å². The van der Waals surface area contributed by atoms with Crippen LogP contribution in [0.1, 0.15) is 33.6 Å². The molecule has 1 saturated heterocycles. The third kappa shape index (κ3) is 5.02. The van der Waals surface area contributed by atoms with E-state index < -0.39 is 0 Å². The minimum absolute atomic E-state index is 0.0530. The van der Waals surface area contributed by atoms with E-state index in [1.165, 1.54) is 0 Å². The van der Waals surface area contributed by atoms with Crippen LogP contribution in [0.5, 0.6) is 0 Å². The van der Waals surface area contributed by atoms with Crippen molar-refractivity contribution in [1.29, 1.82) is 0 Å². The van der Waals surface area contributed by atoms with E-state index in [1.807, 2.05) is 20.8 Å². The van der Waals surface area contributed by atoms with E-state index in [9.17, 15) is 4.79 Å². The Morgan fingerprint density at radius 3 is 2.60 bits per heavy atom. The molecule has 0 aromatic carbocycles. The van der Waals surface area contributed by atoms with Gasteiger partial charge in [0.25, 0.3) is 0 Å². The third-order valence-electron chi connectivity index (χ3n) is 2.45. The van der Waals surface area contributed by atoms with Gasteiger partial charge in [0.05, 0.1) is 0 Å². The topological polar surface area (TPSA) is 44.4 Å². The molecule has 1 rings (SSSR count). The molecule has 0 bridgehead atoms. The highest BCUT2D eigenvalue weighted by atomic mass is 16.2. The molecule has 1 aliphatic rings. The summed E-state index contributed by atoms with van der Waals surface area (Å²) in [5.74, 6) is 0. The van der Waals surface area contributed by atoms with Crippen molar-refractivity contribution in [2.24, 2.45) is 0 Å². The molecule has 1 heterocycles. The second-order valence-electron chi connectivity index (χ2n) is 5.45. The number of rotatable bonds is 1. The fraction of sp³-hybridized carbons (Fsp3) is 0.909. The Morgan fingerprint density at radius 1 is 1.40 bits per heavy atom. The zero-order valence-corrected chi connectivity index (χ0v) is 10.3. The van der Waals surface area contributed by atoms with Gasteiger partial charge in [-0.25, -0.2) is 4.79 Å². The molecular weight excluding hydrogens is 190 g/mol. The highest BCUT2D eigenvalue weighted by Crippen LogP contribution is 2.08. The predicted octanol–water partition coefficient (Wildman–Crippen LogP) is 1.18. The van der Waals surface area contributed by atoms with E-state index in [0.29, 0.717) is 6.04 Å². The predicted molar refractivity (Wildman–Crippen MR) is 61.9 cm³/mol. The first-order chi connectivity index (χ1) is 6.87. The van der Waals surface area contributed by atoms with E-state index in [2.05, 4.69) is 22.6 Å². The summed E-state index contributed by atoms with van der Waals surface area (Å²) in [6.07, 6.45) is 2.25. The zero-order valence-electron chi connectivity index (χ0n) is 10.3. The van der Waals surface area contributed by atoms with Gasteiger partial charge in [-0.05, 0) is 47.2 Å². The van der Waals surface area contributed by atoms with Crippen LogP contribution in [0.3, 0.4) is 0 Å². The Balaban J connectivity index is 2.31. The van der Waals surface area contributed by atoms with Gasteiger partial charge in [-0.1, -0.05) is 0 Å². The molecule has 0 radical (unpaired) electrons. The average Bonchev–Trinajstić information content (AvgIpc) is 1.99. The van der Waals surface area contributed by atoms with Crippen LogP contribution in [0.2, 0.25) is 0 Å². The Labute approximate surface area is 92.4 Å². The number of amides is 2. The number of urea groups is 1. The molecule has 15 heavy (non-hydrogen) atoms. The molecular formula is C11H23N3O. The number of carbonyl (C=O) groups is 1. The molecule has 0 aromatic heterocycles. The van der Waals surface area contributed by atoms with Crippen LogP contribution in [-0.2, 0) is 0 Å². The van der Waals surface area contributed by atoms with E-state index in [4.69, 9.17) is 0 Å². The Morgan fingerprint density at radius 2 is 2.07 bits per heavy atom. The Hall–Kier alpha value is -0.770. The van der Waals surface area contributed by atoms with E-state index in [-0.39, 0.29) is 11.6 Å². The summed E-state index contributed by atoms with van der Waals surface area (Å²) in [4.78, 5) is 13.8. The zero-order chi connectivity index (χ0) is 11.5. The largest absolute Gasteiger partial charge is 0.334 e. The maximum atomic E-state index is 11.6. The molecule has 2 N–H and O–H groups in total. The van der Waals surface area contributed by atoms with Crippen molar-refractivity contribution in [2.45, 2.75) is 45.2 Å². The summed E-state index contributed by atoms with van der Waals surface area (Å²) < 4.78 is 0. The van der Waals surface area contributed by atoms with Gasteiger partial charge in [-0.3, -0.25) is 0 Å². The van der Waals surface area contributed by atoms with Crippen molar-refractivity contribution in [2.75, 3.05) is 20.1 Å². The molecule has 1 aliphatic heterocycles. The van der Waals surface area contributed by atoms with Gasteiger partial charge in [0.1, 0.15) is 0 Å². The van der Waals surface area contributed by atoms with Gasteiger partial charge in [-0.2, -0.15) is 0 Å². The van der Waals surface area contributed by atoms with Gasteiger partial charge in [0, 0.05) is 18.1 Å². The maximum Gasteiger partial charge on any atom is 0.315 e. The Bertz CT molecular complexity index is 222. The van der Waals surface area contributed by atoms with Crippen LogP contribution in [0.4, 0.5) is 4.79 Å². The number of hydrogen-bond donors (Lipinski definition) is 2. The summed E-state index contributed by atoms with van der Waals surface area (Å²) in [5.41, 5.74) is -0.162. The molecule has 0 spiro atoms. The first-order valence-corrected chi connectivity index (χ1v) is 5.64. The van der Waals surface area contributed by atoms with Crippen LogP contribution >= 0.6 is 0 Å². The van der Waals surface area contributed by atoms with Crippen molar-refractivity contribution in [3.63, 3.8) is 0 Å². The van der Waals surface area contributed by atoms with Crippen molar-refractivity contribution in [3.05, 3.63) is 0 Å². The molecule has 1 fully saturated rings. The van der Waals surface area contributed by atoms with Crippen LogP contribution in [0.25, 0.3) is 0 Å². The van der Waals surface area contributed by atoms with Crippen molar-refractivity contribution in [3.8, 4) is 0 Å². The second kappa shape index (κ2) is 4.84. The summed E-state index contributed by atoms with van der Waals surface area (Å²) in [5, 5.41) is 5.93. The van der Waals surface area contributed by atoms with Gasteiger partial charge >= 0.3 is 6.03 Å². The number of carbonyl (C=O) groups excluding carboxylic acids is 1. The number of piperidine rings is 1. The average molecular weight is 213 g/mol. The maximum absolute atomic E-state index is 11.6. The summed E-state index contributed by atoms with van der Waals surface area (Å²) in [6, 6.07) is 0.244. The second-order valence-corrected chi connectivity index (χ2v) is 5.45. The molecule has 1 atom stereocenters. The monoisotopic (exact) mass is 213 g/mol. The quantitative estimate of drug-likeness (QED) is 0.687. The number of nitrogens with one attached hydrogen (secondary N) is 2. The van der Waals surface area contributed by atoms with E-state index in [1.54, 1.807) is 0 Å². The highest BCUT2D eigenvalue weighted by molar-refractivity contribution is 5.75. The standard InChI is InChI=1S/C11H23N3O/c1-11(2,3)13-10(15)12-9-6-5-7-14(4)8-9/h9H,5-8H2,1-4H3,(H2,12,13,15). The van der Waals surface area contributed by atoms with Gasteiger partial charge in [-0.15, -0.1) is 0 Å². The van der Waals surface area contributed by atoms with Crippen LogP contribution in [0, 0.1) is 0 Å². The number of hydrogen-bond acceptors (Lipinski definition) is 2. The summed E-state index contributed by atoms with van der Waals surface area (Å²) in [6.45, 7) is 8.05. The first kappa shape index (κ1) is 12.3. The van der Waals surface area contributed by atoms with E-state index >= 15 is 0 Å². The Kier molecular flexibility index (Phi) is 3.97. The number of likely N-dealkylation sites (tertiary alicyclic amines) is 1. The van der Waals surface area contributed by atoms with Crippen molar-refractivity contribution >= 4 is 6.03 Å². The van der Waals surface area contributed by atoms with Gasteiger partial charge in [0.15, 0.2) is 0 Å². The normalized spacial score (nSPS) is 23.6. The SMILES string of the molecule is CN1CCCC(NC(=O)NC(C)(C)C)C1. The fourth-order valence-corrected chi connectivity index (χ4v) is 1.85. The molecule has 88 valence electrons. The third-order valence-corrected chi connectivity index (χ3v) is 2.45. The lowest BCUT2D eigenvalue weighted by atomic mass is 10.1. The summed E-state index contributed by atoms with van der Waals surface area (Å²) in [7, 11) is 2.09. The first-order valence-electron chi connectivity index (χ1n) is 5.64. The molecule has 0 aromatic rings. The van der Waals surface area contributed by atoms with Crippen molar-refractivity contribution < 1.29 is 4.79 Å². The molecule has 4 heteroatoms. The highest BCUT2D eigenvalue weighted by Gasteiger charge is 2.20. The number of nitrogens with zero attached hydrogens (tertiary/aromatic N) is 1. The van der Waals surface area contributed by atoms with E-state index in [0.717, 1.165) is 25.9 Å². The van der Waals surface area contributed by atoms with Crippen LogP contribution in [-0.4, -0.2) is 42.6 Å². The minimum atomic E-state index is -0.162. The molecule has 0 aliphatic carbocycles. The number of likely N-dealkylation sites (N-methyl/N-ethyl adjacent to an activating group) is 1. The smallest absolute Gasteiger partial charge is 0.315 e. The molecule has 4 nitrogen and oxygen atoms in total. The van der Waals surface area contributed by atoms with Crippen molar-refractivity contribution in [1.82, 2.24) is 15.5 Å². The fourth-order valence-electron chi connectivity index (χ4n) is 1.85. The summed E-state index contributed by atoms with van der Waals surface area (Å²) >= 11 is 0. The minimum Gasteiger partial charge on any atom is -0.334 e. The van der Waals surface area contributed by atoms with Gasteiger partial charge in [0.2, 0.25) is 0 Å². The van der Waals surface area contributed by atoms with Crippen LogP contribution < -0.4 is 10.6 Å². The molecule has 2 amide bonds. The molecule has 0 saturated carbocycles. The molecule has 1 unspecified atom stereocenters.